The van der Waals surface area contributed by atoms with Gasteiger partial charge in [0.15, 0.2) is 0 Å². The number of pyridine rings is 1. The number of rotatable bonds is 4. The summed E-state index contributed by atoms with van der Waals surface area (Å²) < 4.78 is 0. The van der Waals surface area contributed by atoms with Crippen LogP contribution in [0.3, 0.4) is 0 Å². The summed E-state index contributed by atoms with van der Waals surface area (Å²) in [6.07, 6.45) is 1.83. The molecular formula is C18H22N4O. The number of hydrogen-bond acceptors (Lipinski definition) is 4. The van der Waals surface area contributed by atoms with E-state index in [4.69, 9.17) is 0 Å². The predicted molar refractivity (Wildman–Crippen MR) is 90.1 cm³/mol. The van der Waals surface area contributed by atoms with E-state index in [9.17, 15) is 4.79 Å². The smallest absolute Gasteiger partial charge is 0.251 e. The van der Waals surface area contributed by atoms with Crippen LogP contribution in [0.5, 0.6) is 0 Å². The van der Waals surface area contributed by atoms with E-state index < -0.39 is 0 Å². The first-order valence-electron chi connectivity index (χ1n) is 7.94. The van der Waals surface area contributed by atoms with Crippen molar-refractivity contribution in [3.05, 3.63) is 65.5 Å². The number of piperazine rings is 1. The van der Waals surface area contributed by atoms with Crippen molar-refractivity contribution < 1.29 is 4.79 Å². The Kier molecular flexibility index (Phi) is 5.00. The van der Waals surface area contributed by atoms with Crippen LogP contribution in [0.4, 0.5) is 0 Å². The van der Waals surface area contributed by atoms with Gasteiger partial charge < -0.3 is 10.6 Å². The zero-order chi connectivity index (χ0) is 16.1. The Labute approximate surface area is 136 Å². The monoisotopic (exact) mass is 310 g/mol. The zero-order valence-corrected chi connectivity index (χ0v) is 13.3. The SMILES string of the molecule is CNC(=O)c1cccc([C@@H]2CNCCN2Cc2ccccn2)c1. The van der Waals surface area contributed by atoms with Gasteiger partial charge >= 0.3 is 0 Å². The molecule has 5 nitrogen and oxygen atoms in total. The molecule has 23 heavy (non-hydrogen) atoms. The molecule has 0 saturated carbocycles. The molecule has 0 spiro atoms. The van der Waals surface area contributed by atoms with Gasteiger partial charge in [-0.25, -0.2) is 0 Å². The standard InChI is InChI=1S/C18H22N4O/c1-19-18(23)15-6-4-5-14(11-15)17-12-20-9-10-22(17)13-16-7-2-3-8-21-16/h2-8,11,17,20H,9-10,12-13H2,1H3,(H,19,23)/t17-/m0/s1. The molecule has 1 saturated heterocycles. The van der Waals surface area contributed by atoms with Crippen molar-refractivity contribution in [2.75, 3.05) is 26.7 Å². The summed E-state index contributed by atoms with van der Waals surface area (Å²) in [4.78, 5) is 18.7. The minimum atomic E-state index is -0.0492. The third-order valence-corrected chi connectivity index (χ3v) is 4.21. The van der Waals surface area contributed by atoms with Crippen molar-refractivity contribution in [1.29, 1.82) is 0 Å². The van der Waals surface area contributed by atoms with E-state index in [-0.39, 0.29) is 11.9 Å². The fourth-order valence-corrected chi connectivity index (χ4v) is 3.00. The molecule has 1 atom stereocenters. The average molecular weight is 310 g/mol. The summed E-state index contributed by atoms with van der Waals surface area (Å²) in [6.45, 7) is 3.63. The van der Waals surface area contributed by atoms with Crippen molar-refractivity contribution >= 4 is 5.91 Å². The Balaban J connectivity index is 1.82. The lowest BCUT2D eigenvalue weighted by Gasteiger charge is -2.36. The number of carbonyl (C=O) groups is 1. The molecule has 0 bridgehead atoms. The fraction of sp³-hybridized carbons (Fsp3) is 0.333. The number of benzene rings is 1. The van der Waals surface area contributed by atoms with Gasteiger partial charge in [0.1, 0.15) is 0 Å². The van der Waals surface area contributed by atoms with Gasteiger partial charge in [0.2, 0.25) is 0 Å². The maximum absolute atomic E-state index is 11.9. The summed E-state index contributed by atoms with van der Waals surface area (Å²) in [5.74, 6) is -0.0492. The Morgan fingerprint density at radius 2 is 2.26 bits per heavy atom. The molecule has 0 aliphatic carbocycles. The predicted octanol–water partition coefficient (Wildman–Crippen LogP) is 1.59. The fourth-order valence-electron chi connectivity index (χ4n) is 3.00. The summed E-state index contributed by atoms with van der Waals surface area (Å²) in [7, 11) is 1.66. The molecular weight excluding hydrogens is 288 g/mol. The molecule has 1 aromatic heterocycles. The first-order valence-corrected chi connectivity index (χ1v) is 7.94. The summed E-state index contributed by atoms with van der Waals surface area (Å²) in [5, 5.41) is 6.13. The van der Waals surface area contributed by atoms with E-state index in [0.717, 1.165) is 37.4 Å². The lowest BCUT2D eigenvalue weighted by Crippen LogP contribution is -2.45. The molecule has 3 rings (SSSR count). The van der Waals surface area contributed by atoms with Gasteiger partial charge in [-0.15, -0.1) is 0 Å². The number of nitrogens with zero attached hydrogens (tertiary/aromatic N) is 2. The zero-order valence-electron chi connectivity index (χ0n) is 13.3. The second-order valence-corrected chi connectivity index (χ2v) is 5.72. The summed E-state index contributed by atoms with van der Waals surface area (Å²) in [6, 6.07) is 14.1. The largest absolute Gasteiger partial charge is 0.355 e. The van der Waals surface area contributed by atoms with E-state index in [2.05, 4.69) is 32.7 Å². The molecule has 1 aromatic carbocycles. The molecule has 2 aromatic rings. The van der Waals surface area contributed by atoms with Gasteiger partial charge in [-0.2, -0.15) is 0 Å². The Hall–Kier alpha value is -2.24. The number of aromatic nitrogens is 1. The molecule has 1 amide bonds. The van der Waals surface area contributed by atoms with Gasteiger partial charge in [0, 0.05) is 51.0 Å². The highest BCUT2D eigenvalue weighted by Crippen LogP contribution is 2.24. The maximum atomic E-state index is 11.9. The van der Waals surface area contributed by atoms with Crippen LogP contribution >= 0.6 is 0 Å². The van der Waals surface area contributed by atoms with Gasteiger partial charge in [-0.1, -0.05) is 18.2 Å². The minimum absolute atomic E-state index is 0.0492. The first kappa shape index (κ1) is 15.6. The van der Waals surface area contributed by atoms with Crippen LogP contribution in [-0.2, 0) is 6.54 Å². The summed E-state index contributed by atoms with van der Waals surface area (Å²) in [5.41, 5.74) is 2.93. The lowest BCUT2D eigenvalue weighted by molar-refractivity contribution is 0.0962. The van der Waals surface area contributed by atoms with Gasteiger partial charge in [0.25, 0.3) is 5.91 Å². The molecule has 1 aliphatic rings. The van der Waals surface area contributed by atoms with Crippen LogP contribution in [0, 0.1) is 0 Å². The quantitative estimate of drug-likeness (QED) is 0.900. The van der Waals surface area contributed by atoms with Crippen molar-refractivity contribution in [3.8, 4) is 0 Å². The minimum Gasteiger partial charge on any atom is -0.355 e. The molecule has 2 N–H and O–H groups in total. The number of hydrogen-bond donors (Lipinski definition) is 2. The van der Waals surface area contributed by atoms with Crippen LogP contribution in [0.15, 0.2) is 48.7 Å². The Morgan fingerprint density at radius 1 is 1.35 bits per heavy atom. The molecule has 0 unspecified atom stereocenters. The van der Waals surface area contributed by atoms with Crippen LogP contribution < -0.4 is 10.6 Å². The van der Waals surface area contributed by atoms with Crippen molar-refractivity contribution in [3.63, 3.8) is 0 Å². The molecule has 5 heteroatoms. The summed E-state index contributed by atoms with van der Waals surface area (Å²) >= 11 is 0. The molecule has 2 heterocycles. The van der Waals surface area contributed by atoms with Crippen molar-refractivity contribution in [2.24, 2.45) is 0 Å². The normalized spacial score (nSPS) is 18.6. The highest BCUT2D eigenvalue weighted by atomic mass is 16.1. The van der Waals surface area contributed by atoms with E-state index >= 15 is 0 Å². The number of nitrogens with one attached hydrogen (secondary N) is 2. The van der Waals surface area contributed by atoms with Gasteiger partial charge in [-0.05, 0) is 29.8 Å². The molecule has 120 valence electrons. The Bertz CT molecular complexity index is 659. The Morgan fingerprint density at radius 3 is 3.04 bits per heavy atom. The van der Waals surface area contributed by atoms with Crippen molar-refractivity contribution in [2.45, 2.75) is 12.6 Å². The third-order valence-electron chi connectivity index (χ3n) is 4.21. The maximum Gasteiger partial charge on any atom is 0.251 e. The first-order chi connectivity index (χ1) is 11.3. The molecule has 1 aliphatic heterocycles. The van der Waals surface area contributed by atoms with Crippen LogP contribution in [-0.4, -0.2) is 42.5 Å². The average Bonchev–Trinajstić information content (AvgIpc) is 2.62. The van der Waals surface area contributed by atoms with E-state index in [1.807, 2.05) is 36.5 Å². The topological polar surface area (TPSA) is 57.3 Å². The van der Waals surface area contributed by atoms with Gasteiger partial charge in [-0.3, -0.25) is 14.7 Å². The van der Waals surface area contributed by atoms with Crippen LogP contribution in [0.2, 0.25) is 0 Å². The molecule has 1 fully saturated rings. The van der Waals surface area contributed by atoms with E-state index in [1.54, 1.807) is 7.05 Å². The molecule has 0 radical (unpaired) electrons. The second kappa shape index (κ2) is 7.35. The number of carbonyl (C=O) groups excluding carboxylic acids is 1. The van der Waals surface area contributed by atoms with Crippen LogP contribution in [0.25, 0.3) is 0 Å². The second-order valence-electron chi connectivity index (χ2n) is 5.72. The highest BCUT2D eigenvalue weighted by Gasteiger charge is 2.24. The van der Waals surface area contributed by atoms with E-state index in [0.29, 0.717) is 5.56 Å². The van der Waals surface area contributed by atoms with E-state index in [1.165, 1.54) is 0 Å². The number of amides is 1. The van der Waals surface area contributed by atoms with Crippen molar-refractivity contribution in [1.82, 2.24) is 20.5 Å². The van der Waals surface area contributed by atoms with Gasteiger partial charge in [0.05, 0.1) is 5.69 Å². The highest BCUT2D eigenvalue weighted by molar-refractivity contribution is 5.94. The third kappa shape index (κ3) is 3.75. The lowest BCUT2D eigenvalue weighted by atomic mass is 10.00. The van der Waals surface area contributed by atoms with Crippen LogP contribution in [0.1, 0.15) is 27.7 Å².